The van der Waals surface area contributed by atoms with Gasteiger partial charge in [0.15, 0.2) is 0 Å². The maximum Gasteiger partial charge on any atom is 0.304 e. The number of halogens is 1. The molecule has 0 saturated heterocycles. The van der Waals surface area contributed by atoms with Crippen molar-refractivity contribution >= 4 is 28.9 Å². The van der Waals surface area contributed by atoms with Gasteiger partial charge in [-0.2, -0.15) is 0 Å². The van der Waals surface area contributed by atoms with Crippen LogP contribution in [0.2, 0.25) is 5.02 Å². The van der Waals surface area contributed by atoms with E-state index in [0.717, 1.165) is 21.1 Å². The van der Waals surface area contributed by atoms with Crippen molar-refractivity contribution in [2.24, 2.45) is 0 Å². The zero-order chi connectivity index (χ0) is 15.4. The highest BCUT2D eigenvalue weighted by Crippen LogP contribution is 2.32. The average molecular weight is 325 g/mol. The second-order valence-corrected chi connectivity index (χ2v) is 6.26. The van der Waals surface area contributed by atoms with E-state index in [1.807, 2.05) is 38.1 Å². The van der Waals surface area contributed by atoms with Gasteiger partial charge in [-0.25, -0.2) is 4.98 Å². The van der Waals surface area contributed by atoms with Gasteiger partial charge in [0.25, 0.3) is 0 Å². The molecule has 2 rings (SSSR count). The lowest BCUT2D eigenvalue weighted by molar-refractivity contribution is -0.136. The standard InChI is InChI=1S/C15H17ClN2O2S/c1-9(17-8-7-13(19)20)14-10(2)18-15(21-14)11-3-5-12(16)6-4-11/h3-6,9,17H,7-8H2,1-2H3,(H,19,20). The van der Waals surface area contributed by atoms with Gasteiger partial charge in [0.2, 0.25) is 0 Å². The Morgan fingerprint density at radius 2 is 2.10 bits per heavy atom. The number of nitrogens with zero attached hydrogens (tertiary/aromatic N) is 1. The Balaban J connectivity index is 2.11. The summed E-state index contributed by atoms with van der Waals surface area (Å²) in [6.45, 7) is 4.44. The van der Waals surface area contributed by atoms with Crippen molar-refractivity contribution in [2.75, 3.05) is 6.54 Å². The van der Waals surface area contributed by atoms with Gasteiger partial charge < -0.3 is 10.4 Å². The minimum absolute atomic E-state index is 0.0860. The Morgan fingerprint density at radius 3 is 2.71 bits per heavy atom. The SMILES string of the molecule is Cc1nc(-c2ccc(Cl)cc2)sc1C(C)NCCC(=O)O. The Kier molecular flexibility index (Phi) is 5.33. The number of hydrogen-bond acceptors (Lipinski definition) is 4. The first-order chi connectivity index (χ1) is 9.97. The number of hydrogen-bond donors (Lipinski definition) is 2. The molecule has 1 aromatic heterocycles. The number of carbonyl (C=O) groups is 1. The molecule has 1 atom stereocenters. The predicted molar refractivity (Wildman–Crippen MR) is 86.0 cm³/mol. The fraction of sp³-hybridized carbons (Fsp3) is 0.333. The van der Waals surface area contributed by atoms with Crippen LogP contribution in [0.1, 0.15) is 30.0 Å². The first kappa shape index (κ1) is 15.9. The summed E-state index contributed by atoms with van der Waals surface area (Å²) >= 11 is 7.52. The fourth-order valence-corrected chi connectivity index (χ4v) is 3.24. The molecule has 2 aromatic rings. The van der Waals surface area contributed by atoms with Gasteiger partial charge in [-0.05, 0) is 26.0 Å². The molecule has 0 saturated carbocycles. The van der Waals surface area contributed by atoms with Gasteiger partial charge in [0.1, 0.15) is 5.01 Å². The lowest BCUT2D eigenvalue weighted by Crippen LogP contribution is -2.21. The summed E-state index contributed by atoms with van der Waals surface area (Å²) in [6, 6.07) is 7.69. The average Bonchev–Trinajstić information content (AvgIpc) is 2.81. The minimum atomic E-state index is -0.794. The number of aryl methyl sites for hydroxylation is 1. The molecule has 0 spiro atoms. The number of nitrogens with one attached hydrogen (secondary N) is 1. The van der Waals surface area contributed by atoms with Crippen molar-refractivity contribution in [2.45, 2.75) is 26.3 Å². The van der Waals surface area contributed by atoms with Crippen molar-refractivity contribution < 1.29 is 9.90 Å². The van der Waals surface area contributed by atoms with Crippen LogP contribution in [-0.2, 0) is 4.79 Å². The number of aromatic nitrogens is 1. The third-order valence-electron chi connectivity index (χ3n) is 3.11. The molecular weight excluding hydrogens is 308 g/mol. The van der Waals surface area contributed by atoms with Crippen molar-refractivity contribution in [3.05, 3.63) is 39.9 Å². The largest absolute Gasteiger partial charge is 0.481 e. The Hall–Kier alpha value is -1.43. The monoisotopic (exact) mass is 324 g/mol. The molecule has 4 nitrogen and oxygen atoms in total. The van der Waals surface area contributed by atoms with Crippen LogP contribution in [0.15, 0.2) is 24.3 Å². The molecule has 112 valence electrons. The van der Waals surface area contributed by atoms with Crippen LogP contribution in [-0.4, -0.2) is 22.6 Å². The second-order valence-electron chi connectivity index (χ2n) is 4.80. The smallest absolute Gasteiger partial charge is 0.304 e. The summed E-state index contributed by atoms with van der Waals surface area (Å²) in [4.78, 5) is 16.3. The summed E-state index contributed by atoms with van der Waals surface area (Å²) in [5.74, 6) is -0.794. The predicted octanol–water partition coefficient (Wildman–Crippen LogP) is 3.90. The zero-order valence-electron chi connectivity index (χ0n) is 11.9. The summed E-state index contributed by atoms with van der Waals surface area (Å²) in [6.07, 6.45) is 0.117. The van der Waals surface area contributed by atoms with E-state index in [1.165, 1.54) is 0 Å². The molecule has 1 unspecified atom stereocenters. The second kappa shape index (κ2) is 7.02. The van der Waals surface area contributed by atoms with E-state index in [1.54, 1.807) is 11.3 Å². The topological polar surface area (TPSA) is 62.2 Å². The van der Waals surface area contributed by atoms with E-state index in [0.29, 0.717) is 11.6 Å². The quantitative estimate of drug-likeness (QED) is 0.846. The number of carboxylic acids is 1. The molecule has 21 heavy (non-hydrogen) atoms. The van der Waals surface area contributed by atoms with Crippen LogP contribution >= 0.6 is 22.9 Å². The molecule has 0 fully saturated rings. The lowest BCUT2D eigenvalue weighted by Gasteiger charge is -2.11. The first-order valence-electron chi connectivity index (χ1n) is 6.66. The van der Waals surface area contributed by atoms with E-state index in [2.05, 4.69) is 10.3 Å². The van der Waals surface area contributed by atoms with E-state index < -0.39 is 5.97 Å². The van der Waals surface area contributed by atoms with Crippen molar-refractivity contribution in [1.29, 1.82) is 0 Å². The van der Waals surface area contributed by atoms with Gasteiger partial charge in [-0.15, -0.1) is 11.3 Å². The maximum atomic E-state index is 10.5. The molecule has 0 bridgehead atoms. The maximum absolute atomic E-state index is 10.5. The Morgan fingerprint density at radius 1 is 1.43 bits per heavy atom. The number of rotatable bonds is 6. The summed E-state index contributed by atoms with van der Waals surface area (Å²) in [5.41, 5.74) is 2.01. The molecule has 1 heterocycles. The van der Waals surface area contributed by atoms with Gasteiger partial charge in [-0.1, -0.05) is 23.7 Å². The summed E-state index contributed by atoms with van der Waals surface area (Å²) in [7, 11) is 0. The van der Waals surface area contributed by atoms with Crippen LogP contribution in [0.5, 0.6) is 0 Å². The van der Waals surface area contributed by atoms with Gasteiger partial charge in [0, 0.05) is 28.0 Å². The van der Waals surface area contributed by atoms with E-state index >= 15 is 0 Å². The highest BCUT2D eigenvalue weighted by Gasteiger charge is 2.15. The molecule has 0 aliphatic carbocycles. The van der Waals surface area contributed by atoms with Crippen LogP contribution in [0.25, 0.3) is 10.6 Å². The number of carboxylic acid groups (broad SMARTS) is 1. The lowest BCUT2D eigenvalue weighted by atomic mass is 10.2. The molecule has 0 radical (unpaired) electrons. The summed E-state index contributed by atoms with van der Waals surface area (Å²) in [5, 5.41) is 13.5. The summed E-state index contributed by atoms with van der Waals surface area (Å²) < 4.78 is 0. The molecule has 0 aliphatic rings. The van der Waals surface area contributed by atoms with Crippen molar-refractivity contribution in [3.8, 4) is 10.6 Å². The highest BCUT2D eigenvalue weighted by molar-refractivity contribution is 7.15. The van der Waals surface area contributed by atoms with Gasteiger partial charge >= 0.3 is 5.97 Å². The number of thiazole rings is 1. The van der Waals surface area contributed by atoms with Crippen LogP contribution in [0, 0.1) is 6.92 Å². The van der Waals surface area contributed by atoms with Gasteiger partial charge in [0.05, 0.1) is 12.1 Å². The zero-order valence-corrected chi connectivity index (χ0v) is 13.5. The van der Waals surface area contributed by atoms with Crippen molar-refractivity contribution in [1.82, 2.24) is 10.3 Å². The minimum Gasteiger partial charge on any atom is -0.481 e. The van der Waals surface area contributed by atoms with Crippen LogP contribution in [0.3, 0.4) is 0 Å². The Bertz CT molecular complexity index is 625. The van der Waals surface area contributed by atoms with E-state index in [4.69, 9.17) is 16.7 Å². The molecular formula is C15H17ClN2O2S. The molecule has 6 heteroatoms. The van der Waals surface area contributed by atoms with E-state index in [9.17, 15) is 4.79 Å². The number of aliphatic carboxylic acids is 1. The molecule has 1 aromatic carbocycles. The van der Waals surface area contributed by atoms with E-state index in [-0.39, 0.29) is 12.5 Å². The Labute approximate surface area is 132 Å². The fourth-order valence-electron chi connectivity index (χ4n) is 2.01. The van der Waals surface area contributed by atoms with Gasteiger partial charge in [-0.3, -0.25) is 4.79 Å². The molecule has 2 N–H and O–H groups in total. The molecule has 0 amide bonds. The molecule has 0 aliphatic heterocycles. The van der Waals surface area contributed by atoms with Crippen molar-refractivity contribution in [3.63, 3.8) is 0 Å². The highest BCUT2D eigenvalue weighted by atomic mass is 35.5. The van der Waals surface area contributed by atoms with Crippen LogP contribution in [0.4, 0.5) is 0 Å². The third kappa shape index (κ3) is 4.27. The third-order valence-corrected chi connectivity index (χ3v) is 4.75. The van der Waals surface area contributed by atoms with Crippen LogP contribution < -0.4 is 5.32 Å². The first-order valence-corrected chi connectivity index (χ1v) is 7.85. The normalized spacial score (nSPS) is 12.3. The number of benzene rings is 1.